The van der Waals surface area contributed by atoms with Crippen molar-refractivity contribution in [3.63, 3.8) is 0 Å². The third-order valence-corrected chi connectivity index (χ3v) is 3.48. The highest BCUT2D eigenvalue weighted by molar-refractivity contribution is 9.25. The number of hydrogen-bond acceptors (Lipinski definition) is 3. The number of esters is 1. The lowest BCUT2D eigenvalue weighted by molar-refractivity contribution is -0.145. The van der Waals surface area contributed by atoms with Gasteiger partial charge in [-0.25, -0.2) is 4.79 Å². The number of alkyl halides is 2. The fourth-order valence-electron chi connectivity index (χ4n) is 1.07. The summed E-state index contributed by atoms with van der Waals surface area (Å²) in [6, 6.07) is 9.27. The molecule has 0 N–H and O–H groups in total. The molecule has 0 unspecified atom stereocenters. The highest BCUT2D eigenvalue weighted by Crippen LogP contribution is 2.39. The fraction of sp³-hybridized carbons (Fsp3) is 0.364. The van der Waals surface area contributed by atoms with Crippen LogP contribution in [-0.2, 0) is 17.5 Å². The van der Waals surface area contributed by atoms with E-state index in [4.69, 9.17) is 9.47 Å². The molecule has 16 heavy (non-hydrogen) atoms. The highest BCUT2D eigenvalue weighted by Gasteiger charge is 2.36. The Morgan fingerprint density at radius 3 is 2.44 bits per heavy atom. The average molecular weight is 352 g/mol. The van der Waals surface area contributed by atoms with E-state index in [-0.39, 0.29) is 6.61 Å². The van der Waals surface area contributed by atoms with Crippen LogP contribution in [0.4, 0.5) is 0 Å². The minimum Gasteiger partial charge on any atom is -0.461 e. The van der Waals surface area contributed by atoms with Crippen LogP contribution in [0.2, 0.25) is 0 Å². The Labute approximate surface area is 111 Å². The maximum atomic E-state index is 11.8. The summed E-state index contributed by atoms with van der Waals surface area (Å²) in [6.07, 6.45) is 0. The van der Waals surface area contributed by atoms with Gasteiger partial charge in [-0.2, -0.15) is 0 Å². The highest BCUT2D eigenvalue weighted by atomic mass is 79.9. The molecule has 5 heteroatoms. The lowest BCUT2D eigenvalue weighted by Crippen LogP contribution is -2.26. The van der Waals surface area contributed by atoms with E-state index in [2.05, 4.69) is 31.9 Å². The summed E-state index contributed by atoms with van der Waals surface area (Å²) in [5, 5.41) is 0. The van der Waals surface area contributed by atoms with Crippen LogP contribution < -0.4 is 0 Å². The number of hydrogen-bond donors (Lipinski definition) is 0. The van der Waals surface area contributed by atoms with Crippen molar-refractivity contribution in [2.24, 2.45) is 0 Å². The summed E-state index contributed by atoms with van der Waals surface area (Å²) in [5.41, 5.74) is 0.789. The van der Waals surface area contributed by atoms with Crippen LogP contribution in [0.3, 0.4) is 0 Å². The van der Waals surface area contributed by atoms with E-state index in [0.717, 1.165) is 5.56 Å². The Morgan fingerprint density at radius 2 is 1.88 bits per heavy atom. The summed E-state index contributed by atoms with van der Waals surface area (Å²) in [7, 11) is 1.56. The molecule has 0 radical (unpaired) electrons. The summed E-state index contributed by atoms with van der Waals surface area (Å²) >= 11 is 6.62. The Balaban J connectivity index is 2.66. The first-order chi connectivity index (χ1) is 7.59. The minimum absolute atomic E-state index is 0.237. The van der Waals surface area contributed by atoms with Crippen molar-refractivity contribution >= 4 is 37.8 Å². The van der Waals surface area contributed by atoms with E-state index in [0.29, 0.717) is 6.61 Å². The van der Waals surface area contributed by atoms with Gasteiger partial charge in [0.1, 0.15) is 6.61 Å². The van der Waals surface area contributed by atoms with Gasteiger partial charge in [-0.1, -0.05) is 62.2 Å². The monoisotopic (exact) mass is 350 g/mol. The molecule has 0 aliphatic rings. The zero-order valence-electron chi connectivity index (χ0n) is 8.78. The SMILES string of the molecule is COCCOC(=O)C(Br)(Br)c1ccccc1. The van der Waals surface area contributed by atoms with Gasteiger partial charge in [0.05, 0.1) is 6.61 Å². The molecule has 0 aliphatic carbocycles. The molecule has 0 aliphatic heterocycles. The largest absolute Gasteiger partial charge is 0.461 e. The number of rotatable bonds is 5. The normalized spacial score (nSPS) is 11.2. The van der Waals surface area contributed by atoms with Crippen molar-refractivity contribution in [3.8, 4) is 0 Å². The fourth-order valence-corrected chi connectivity index (χ4v) is 1.83. The zero-order valence-corrected chi connectivity index (χ0v) is 12.0. The van der Waals surface area contributed by atoms with Crippen molar-refractivity contribution in [1.29, 1.82) is 0 Å². The van der Waals surface area contributed by atoms with Crippen LogP contribution in [0.1, 0.15) is 5.56 Å². The number of ether oxygens (including phenoxy) is 2. The molecular formula is C11H12Br2O3. The molecule has 1 aromatic carbocycles. The molecule has 0 amide bonds. The van der Waals surface area contributed by atoms with Crippen molar-refractivity contribution in [2.75, 3.05) is 20.3 Å². The number of carbonyl (C=O) groups excluding carboxylic acids is 1. The van der Waals surface area contributed by atoms with Crippen LogP contribution in [-0.4, -0.2) is 26.3 Å². The van der Waals surface area contributed by atoms with E-state index in [9.17, 15) is 4.79 Å². The predicted molar refractivity (Wildman–Crippen MR) is 68.8 cm³/mol. The quantitative estimate of drug-likeness (QED) is 0.465. The number of benzene rings is 1. The lowest BCUT2D eigenvalue weighted by Gasteiger charge is -2.19. The third kappa shape index (κ3) is 3.57. The van der Waals surface area contributed by atoms with E-state index in [1.165, 1.54) is 0 Å². The number of carbonyl (C=O) groups is 1. The molecule has 0 bridgehead atoms. The first-order valence-corrected chi connectivity index (χ1v) is 6.27. The van der Waals surface area contributed by atoms with Gasteiger partial charge in [0.2, 0.25) is 3.23 Å². The molecule has 0 saturated carbocycles. The van der Waals surface area contributed by atoms with Crippen molar-refractivity contribution in [1.82, 2.24) is 0 Å². The maximum Gasteiger partial charge on any atom is 0.338 e. The first kappa shape index (κ1) is 13.7. The van der Waals surface area contributed by atoms with Crippen LogP contribution in [0.25, 0.3) is 0 Å². The second-order valence-corrected chi connectivity index (χ2v) is 6.51. The molecule has 0 heterocycles. The molecule has 0 spiro atoms. The molecule has 0 atom stereocenters. The summed E-state index contributed by atoms with van der Waals surface area (Å²) in [4.78, 5) is 11.8. The molecule has 1 aromatic rings. The Bertz CT molecular complexity index is 338. The van der Waals surface area contributed by atoms with Crippen molar-refractivity contribution < 1.29 is 14.3 Å². The second kappa shape index (κ2) is 6.37. The van der Waals surface area contributed by atoms with Gasteiger partial charge in [0.15, 0.2) is 0 Å². The Hall–Kier alpha value is -0.390. The van der Waals surface area contributed by atoms with Gasteiger partial charge < -0.3 is 9.47 Å². The van der Waals surface area contributed by atoms with Gasteiger partial charge in [0.25, 0.3) is 0 Å². The maximum absolute atomic E-state index is 11.8. The van der Waals surface area contributed by atoms with Gasteiger partial charge in [-0.15, -0.1) is 0 Å². The van der Waals surface area contributed by atoms with Crippen molar-refractivity contribution in [3.05, 3.63) is 35.9 Å². The topological polar surface area (TPSA) is 35.5 Å². The van der Waals surface area contributed by atoms with Gasteiger partial charge in [-0.05, 0) is 5.56 Å². The van der Waals surface area contributed by atoms with E-state index in [1.54, 1.807) is 7.11 Å². The molecule has 0 aromatic heterocycles. The van der Waals surface area contributed by atoms with Crippen LogP contribution in [0, 0.1) is 0 Å². The summed E-state index contributed by atoms with van der Waals surface area (Å²) in [6.45, 7) is 0.623. The lowest BCUT2D eigenvalue weighted by atomic mass is 10.1. The van der Waals surface area contributed by atoms with E-state index in [1.807, 2.05) is 30.3 Å². The van der Waals surface area contributed by atoms with E-state index >= 15 is 0 Å². The van der Waals surface area contributed by atoms with Crippen LogP contribution in [0.15, 0.2) is 30.3 Å². The van der Waals surface area contributed by atoms with Gasteiger partial charge in [0, 0.05) is 7.11 Å². The second-order valence-electron chi connectivity index (χ2n) is 3.07. The van der Waals surface area contributed by atoms with Crippen LogP contribution in [0.5, 0.6) is 0 Å². The third-order valence-electron chi connectivity index (χ3n) is 1.91. The molecule has 3 nitrogen and oxygen atoms in total. The number of halogens is 2. The standard InChI is InChI=1S/C11H12Br2O3/c1-15-7-8-16-10(14)11(12,13)9-5-3-2-4-6-9/h2-6H,7-8H2,1H3. The molecule has 0 fully saturated rings. The molecular weight excluding hydrogens is 340 g/mol. The Morgan fingerprint density at radius 1 is 1.25 bits per heavy atom. The van der Waals surface area contributed by atoms with Crippen LogP contribution >= 0.6 is 31.9 Å². The molecule has 0 saturated heterocycles. The van der Waals surface area contributed by atoms with E-state index < -0.39 is 9.20 Å². The minimum atomic E-state index is -0.991. The smallest absolute Gasteiger partial charge is 0.338 e. The summed E-state index contributed by atoms with van der Waals surface area (Å²) < 4.78 is 8.86. The molecule has 1 rings (SSSR count). The zero-order chi connectivity index (χ0) is 12.0. The predicted octanol–water partition coefficient (Wildman–Crippen LogP) is 2.82. The molecule has 88 valence electrons. The first-order valence-electron chi connectivity index (χ1n) is 4.68. The summed E-state index contributed by atoms with van der Waals surface area (Å²) in [5.74, 6) is -0.393. The van der Waals surface area contributed by atoms with Gasteiger partial charge >= 0.3 is 5.97 Å². The van der Waals surface area contributed by atoms with Crippen molar-refractivity contribution in [2.45, 2.75) is 3.23 Å². The van der Waals surface area contributed by atoms with Gasteiger partial charge in [-0.3, -0.25) is 0 Å². The number of methoxy groups -OCH3 is 1. The average Bonchev–Trinajstić information content (AvgIpc) is 2.30. The Kier molecular flexibility index (Phi) is 5.44.